The predicted molar refractivity (Wildman–Crippen MR) is 58.2 cm³/mol. The van der Waals surface area contributed by atoms with Gasteiger partial charge in [-0.1, -0.05) is 30.3 Å². The van der Waals surface area contributed by atoms with Crippen LogP contribution in [0.1, 0.15) is 23.3 Å². The molecule has 0 radical (unpaired) electrons. The van der Waals surface area contributed by atoms with Crippen molar-refractivity contribution in [3.8, 4) is 0 Å². The van der Waals surface area contributed by atoms with Crippen LogP contribution in [0.15, 0.2) is 30.3 Å². The molecule has 0 saturated carbocycles. The quantitative estimate of drug-likeness (QED) is 0.795. The molecule has 4 nitrogen and oxygen atoms in total. The van der Waals surface area contributed by atoms with E-state index in [4.69, 9.17) is 5.73 Å². The van der Waals surface area contributed by atoms with Crippen molar-refractivity contribution in [2.45, 2.75) is 13.0 Å². The van der Waals surface area contributed by atoms with Gasteiger partial charge in [0, 0.05) is 7.05 Å². The van der Waals surface area contributed by atoms with E-state index in [0.29, 0.717) is 5.82 Å². The van der Waals surface area contributed by atoms with Gasteiger partial charge in [-0.2, -0.15) is 5.10 Å². The molecule has 0 aliphatic carbocycles. The zero-order valence-electron chi connectivity index (χ0n) is 8.88. The molecule has 15 heavy (non-hydrogen) atoms. The number of nitrogens with two attached hydrogens (primary N) is 1. The third-order valence-corrected chi connectivity index (χ3v) is 2.43. The summed E-state index contributed by atoms with van der Waals surface area (Å²) in [6.07, 6.45) is 0. The molecule has 2 N–H and O–H groups in total. The third kappa shape index (κ3) is 1.89. The molecule has 0 spiro atoms. The SMILES string of the molecule is Cc1nc([C@H](N)c2ccccc2)nn1C. The molecule has 1 aromatic carbocycles. The van der Waals surface area contributed by atoms with Crippen molar-refractivity contribution in [3.05, 3.63) is 47.5 Å². The number of hydrogen-bond donors (Lipinski definition) is 1. The van der Waals surface area contributed by atoms with Gasteiger partial charge in [0.2, 0.25) is 0 Å². The Morgan fingerprint density at radius 1 is 1.27 bits per heavy atom. The Hall–Kier alpha value is -1.68. The topological polar surface area (TPSA) is 56.7 Å². The number of nitrogens with zero attached hydrogens (tertiary/aromatic N) is 3. The van der Waals surface area contributed by atoms with Crippen LogP contribution in [0.4, 0.5) is 0 Å². The van der Waals surface area contributed by atoms with Gasteiger partial charge in [0.25, 0.3) is 0 Å². The summed E-state index contributed by atoms with van der Waals surface area (Å²) in [5, 5.41) is 4.27. The zero-order valence-corrected chi connectivity index (χ0v) is 8.88. The van der Waals surface area contributed by atoms with Crippen LogP contribution >= 0.6 is 0 Å². The average Bonchev–Trinajstić information content (AvgIpc) is 2.59. The first-order valence-corrected chi connectivity index (χ1v) is 4.86. The molecule has 4 heteroatoms. The predicted octanol–water partition coefficient (Wildman–Crippen LogP) is 1.17. The number of hydrogen-bond acceptors (Lipinski definition) is 3. The number of benzene rings is 1. The zero-order chi connectivity index (χ0) is 10.8. The lowest BCUT2D eigenvalue weighted by Gasteiger charge is -2.06. The van der Waals surface area contributed by atoms with Crippen LogP contribution in [0, 0.1) is 6.92 Å². The lowest BCUT2D eigenvalue weighted by atomic mass is 10.1. The van der Waals surface area contributed by atoms with E-state index < -0.39 is 0 Å². The van der Waals surface area contributed by atoms with Gasteiger partial charge in [-0.25, -0.2) is 4.98 Å². The fraction of sp³-hybridized carbons (Fsp3) is 0.273. The minimum atomic E-state index is -0.244. The first kappa shape index (κ1) is 9.86. The van der Waals surface area contributed by atoms with Gasteiger partial charge in [0.15, 0.2) is 5.82 Å². The van der Waals surface area contributed by atoms with E-state index in [-0.39, 0.29) is 6.04 Å². The molecule has 0 amide bonds. The summed E-state index contributed by atoms with van der Waals surface area (Å²) in [5.74, 6) is 1.54. The number of aromatic nitrogens is 3. The maximum absolute atomic E-state index is 6.06. The molecule has 0 fully saturated rings. The van der Waals surface area contributed by atoms with Crippen LogP contribution in [0.25, 0.3) is 0 Å². The second kappa shape index (κ2) is 3.82. The van der Waals surface area contributed by atoms with E-state index in [1.54, 1.807) is 4.68 Å². The summed E-state index contributed by atoms with van der Waals surface area (Å²) in [6.45, 7) is 1.91. The van der Waals surface area contributed by atoms with Crippen molar-refractivity contribution in [2.24, 2.45) is 12.8 Å². The molecular weight excluding hydrogens is 188 g/mol. The molecule has 1 atom stereocenters. The largest absolute Gasteiger partial charge is 0.318 e. The highest BCUT2D eigenvalue weighted by Crippen LogP contribution is 2.15. The van der Waals surface area contributed by atoms with Crippen molar-refractivity contribution in [1.29, 1.82) is 0 Å². The van der Waals surface area contributed by atoms with Crippen LogP contribution in [-0.2, 0) is 7.05 Å². The smallest absolute Gasteiger partial charge is 0.172 e. The van der Waals surface area contributed by atoms with Gasteiger partial charge in [-0.15, -0.1) is 0 Å². The van der Waals surface area contributed by atoms with Crippen LogP contribution < -0.4 is 5.73 Å². The summed E-state index contributed by atoms with van der Waals surface area (Å²) in [5.41, 5.74) is 7.09. The lowest BCUT2D eigenvalue weighted by Crippen LogP contribution is -2.13. The highest BCUT2D eigenvalue weighted by atomic mass is 15.3. The van der Waals surface area contributed by atoms with Crippen LogP contribution in [-0.4, -0.2) is 14.8 Å². The second-order valence-electron chi connectivity index (χ2n) is 3.53. The standard InChI is InChI=1S/C11H14N4/c1-8-13-11(14-15(8)2)10(12)9-6-4-3-5-7-9/h3-7,10H,12H2,1-2H3/t10-/m1/s1. The first-order chi connectivity index (χ1) is 7.18. The van der Waals surface area contributed by atoms with Crippen molar-refractivity contribution in [2.75, 3.05) is 0 Å². The van der Waals surface area contributed by atoms with Crippen molar-refractivity contribution in [1.82, 2.24) is 14.8 Å². The van der Waals surface area contributed by atoms with Gasteiger partial charge in [-0.05, 0) is 12.5 Å². The van der Waals surface area contributed by atoms with Crippen molar-refractivity contribution >= 4 is 0 Å². The van der Waals surface area contributed by atoms with Gasteiger partial charge in [0.05, 0.1) is 6.04 Å². The highest BCUT2D eigenvalue weighted by Gasteiger charge is 2.13. The number of rotatable bonds is 2. The Balaban J connectivity index is 2.32. The summed E-state index contributed by atoms with van der Waals surface area (Å²) in [7, 11) is 1.86. The summed E-state index contributed by atoms with van der Waals surface area (Å²) in [4.78, 5) is 4.31. The van der Waals surface area contributed by atoms with Crippen molar-refractivity contribution < 1.29 is 0 Å². The average molecular weight is 202 g/mol. The molecule has 1 heterocycles. The number of aryl methyl sites for hydroxylation is 2. The van der Waals surface area contributed by atoms with E-state index in [9.17, 15) is 0 Å². The van der Waals surface area contributed by atoms with Crippen LogP contribution in [0.3, 0.4) is 0 Å². The maximum Gasteiger partial charge on any atom is 0.172 e. The normalized spacial score (nSPS) is 12.7. The molecule has 0 aliphatic rings. The summed E-state index contributed by atoms with van der Waals surface area (Å²) in [6, 6.07) is 9.61. The fourth-order valence-corrected chi connectivity index (χ4v) is 1.43. The van der Waals surface area contributed by atoms with Crippen molar-refractivity contribution in [3.63, 3.8) is 0 Å². The highest BCUT2D eigenvalue weighted by molar-refractivity contribution is 5.23. The van der Waals surface area contributed by atoms with Gasteiger partial charge >= 0.3 is 0 Å². The maximum atomic E-state index is 6.06. The second-order valence-corrected chi connectivity index (χ2v) is 3.53. The molecule has 0 unspecified atom stereocenters. The third-order valence-electron chi connectivity index (χ3n) is 2.43. The van der Waals surface area contributed by atoms with E-state index in [1.165, 1.54) is 0 Å². The molecule has 0 bridgehead atoms. The first-order valence-electron chi connectivity index (χ1n) is 4.86. The Morgan fingerprint density at radius 3 is 2.47 bits per heavy atom. The molecule has 0 aliphatic heterocycles. The van der Waals surface area contributed by atoms with E-state index >= 15 is 0 Å². The van der Waals surface area contributed by atoms with E-state index in [0.717, 1.165) is 11.4 Å². The minimum absolute atomic E-state index is 0.244. The molecular formula is C11H14N4. The fourth-order valence-electron chi connectivity index (χ4n) is 1.43. The van der Waals surface area contributed by atoms with E-state index in [1.807, 2.05) is 44.3 Å². The Morgan fingerprint density at radius 2 is 1.93 bits per heavy atom. The molecule has 0 saturated heterocycles. The van der Waals surface area contributed by atoms with Gasteiger partial charge < -0.3 is 5.73 Å². The Kier molecular flexibility index (Phi) is 2.51. The van der Waals surface area contributed by atoms with Crippen LogP contribution in [0.5, 0.6) is 0 Å². The van der Waals surface area contributed by atoms with Gasteiger partial charge in [-0.3, -0.25) is 4.68 Å². The Bertz CT molecular complexity index is 427. The molecule has 2 rings (SSSR count). The molecule has 2 aromatic rings. The lowest BCUT2D eigenvalue weighted by molar-refractivity contribution is 0.700. The monoisotopic (exact) mass is 202 g/mol. The Labute approximate surface area is 88.8 Å². The minimum Gasteiger partial charge on any atom is -0.318 e. The van der Waals surface area contributed by atoms with E-state index in [2.05, 4.69) is 10.1 Å². The van der Waals surface area contributed by atoms with Gasteiger partial charge in [0.1, 0.15) is 5.82 Å². The molecule has 78 valence electrons. The summed E-state index contributed by atoms with van der Waals surface area (Å²) >= 11 is 0. The molecule has 1 aromatic heterocycles. The van der Waals surface area contributed by atoms with Crippen LogP contribution in [0.2, 0.25) is 0 Å². The summed E-state index contributed by atoms with van der Waals surface area (Å²) < 4.78 is 1.73.